The fourth-order valence-electron chi connectivity index (χ4n) is 2.48. The van der Waals surface area contributed by atoms with Gasteiger partial charge in [0.25, 0.3) is 0 Å². The van der Waals surface area contributed by atoms with Crippen molar-refractivity contribution in [2.24, 2.45) is 0 Å². The van der Waals surface area contributed by atoms with Crippen LogP contribution in [0, 0.1) is 0 Å². The number of nitrogens with zero attached hydrogens (tertiary/aromatic N) is 1. The summed E-state index contributed by atoms with van der Waals surface area (Å²) in [6.45, 7) is 1.79. The molecule has 2 nitrogen and oxygen atoms in total. The number of alkyl halides is 1. The maximum absolute atomic E-state index is 12.9. The lowest BCUT2D eigenvalue weighted by molar-refractivity contribution is 0.0152. The number of rotatable bonds is 1. The summed E-state index contributed by atoms with van der Waals surface area (Å²) in [5, 5.41) is 11.1. The van der Waals surface area contributed by atoms with Gasteiger partial charge in [-0.05, 0) is 32.1 Å². The van der Waals surface area contributed by atoms with Crippen LogP contribution in [0.5, 0.6) is 0 Å². The summed E-state index contributed by atoms with van der Waals surface area (Å²) in [7, 11) is 0. The quantitative estimate of drug-likeness (QED) is 0.612. The van der Waals surface area contributed by atoms with Crippen molar-refractivity contribution in [2.45, 2.75) is 50.4 Å². The number of hydrogen-bond donors (Lipinski definition) is 0. The van der Waals surface area contributed by atoms with Crippen molar-refractivity contribution in [3.63, 3.8) is 0 Å². The molecule has 0 aromatic heterocycles. The van der Waals surface area contributed by atoms with E-state index in [0.29, 0.717) is 12.5 Å². The normalized spacial score (nSPS) is 38.3. The van der Waals surface area contributed by atoms with Gasteiger partial charge in [0.05, 0.1) is 6.10 Å². The van der Waals surface area contributed by atoms with E-state index < -0.39 is 6.17 Å². The second-order valence-corrected chi connectivity index (χ2v) is 4.30. The number of halogens is 1. The molecule has 2 aliphatic rings. The first-order valence-electron chi connectivity index (χ1n) is 5.29. The summed E-state index contributed by atoms with van der Waals surface area (Å²) in [4.78, 5) is 2.31. The second-order valence-electron chi connectivity index (χ2n) is 4.30. The average molecular weight is 186 g/mol. The Bertz CT molecular complexity index is 168. The first-order valence-corrected chi connectivity index (χ1v) is 5.29. The lowest BCUT2D eigenvalue weighted by Crippen LogP contribution is -2.41. The van der Waals surface area contributed by atoms with Crippen LogP contribution in [0.15, 0.2) is 0 Å². The molecule has 1 saturated carbocycles. The minimum absolute atomic E-state index is 0.362. The third kappa shape index (κ3) is 2.20. The lowest BCUT2D eigenvalue weighted by Gasteiger charge is -2.33. The minimum atomic E-state index is -0.588. The first kappa shape index (κ1) is 9.41. The molecule has 0 spiro atoms. The van der Waals surface area contributed by atoms with Crippen LogP contribution < -0.4 is 0 Å². The topological polar surface area (TPSA) is 23.1 Å². The maximum atomic E-state index is 12.9. The van der Waals surface area contributed by atoms with Crippen LogP contribution in [0.25, 0.3) is 0 Å². The molecule has 1 aliphatic heterocycles. The molecule has 0 aromatic carbocycles. The van der Waals surface area contributed by atoms with Crippen molar-refractivity contribution in [2.75, 3.05) is 13.1 Å². The van der Waals surface area contributed by atoms with Crippen molar-refractivity contribution < 1.29 is 9.50 Å². The highest BCUT2D eigenvalue weighted by Gasteiger charge is 2.31. The summed E-state index contributed by atoms with van der Waals surface area (Å²) in [5.41, 5.74) is 0. The van der Waals surface area contributed by atoms with Crippen molar-refractivity contribution in [1.29, 1.82) is 0 Å². The van der Waals surface area contributed by atoms with E-state index in [0.717, 1.165) is 38.8 Å². The van der Waals surface area contributed by atoms with E-state index in [-0.39, 0.29) is 6.10 Å². The van der Waals surface area contributed by atoms with E-state index in [1.807, 2.05) is 0 Å². The molecule has 1 aliphatic carbocycles. The molecule has 75 valence electrons. The summed E-state index contributed by atoms with van der Waals surface area (Å²) in [6, 6.07) is 0.433. The molecule has 2 atom stereocenters. The Hall–Kier alpha value is -0.150. The minimum Gasteiger partial charge on any atom is -0.300 e. The maximum Gasteiger partial charge on any atom is 0.102 e. The zero-order chi connectivity index (χ0) is 9.26. The fraction of sp³-hybridized carbons (Fsp3) is 1.00. The Morgan fingerprint density at radius 1 is 1.08 bits per heavy atom. The Morgan fingerprint density at radius 2 is 1.77 bits per heavy atom. The van der Waals surface area contributed by atoms with E-state index in [1.165, 1.54) is 0 Å². The summed E-state index contributed by atoms with van der Waals surface area (Å²) in [5.74, 6) is 0. The van der Waals surface area contributed by atoms with Crippen LogP contribution in [-0.4, -0.2) is 36.3 Å². The molecule has 2 fully saturated rings. The van der Waals surface area contributed by atoms with Crippen LogP contribution in [0.3, 0.4) is 0 Å². The van der Waals surface area contributed by atoms with Gasteiger partial charge in [-0.25, -0.2) is 9.50 Å². The van der Waals surface area contributed by atoms with Crippen LogP contribution in [0.2, 0.25) is 0 Å². The van der Waals surface area contributed by atoms with Crippen molar-refractivity contribution in [1.82, 2.24) is 4.90 Å². The van der Waals surface area contributed by atoms with Crippen LogP contribution in [-0.2, 0) is 5.11 Å². The van der Waals surface area contributed by atoms with Gasteiger partial charge in [0.1, 0.15) is 6.17 Å². The first-order chi connectivity index (χ1) is 6.25. The SMILES string of the molecule is [O]C1CCN(C2CCC(F)C2)CC1. The van der Waals surface area contributed by atoms with Crippen molar-refractivity contribution in [3.8, 4) is 0 Å². The molecular formula is C10H17FNO. The highest BCUT2D eigenvalue weighted by atomic mass is 19.1. The second kappa shape index (κ2) is 3.93. The Balaban J connectivity index is 1.81. The van der Waals surface area contributed by atoms with Gasteiger partial charge in [0.2, 0.25) is 0 Å². The standard InChI is InChI=1S/C10H17FNO/c11-8-1-2-9(7-8)12-5-3-10(13)4-6-12/h8-10H,1-7H2. The monoisotopic (exact) mass is 186 g/mol. The van der Waals surface area contributed by atoms with E-state index >= 15 is 0 Å². The van der Waals surface area contributed by atoms with E-state index in [2.05, 4.69) is 4.90 Å². The highest BCUT2D eigenvalue weighted by molar-refractivity contribution is 4.85. The van der Waals surface area contributed by atoms with Gasteiger partial charge in [-0.15, -0.1) is 0 Å². The van der Waals surface area contributed by atoms with Gasteiger partial charge < -0.3 is 4.90 Å². The van der Waals surface area contributed by atoms with E-state index in [9.17, 15) is 9.50 Å². The largest absolute Gasteiger partial charge is 0.300 e. The Morgan fingerprint density at radius 3 is 2.31 bits per heavy atom. The van der Waals surface area contributed by atoms with Crippen LogP contribution >= 0.6 is 0 Å². The third-order valence-corrected chi connectivity index (χ3v) is 3.33. The summed E-state index contributed by atoms with van der Waals surface area (Å²) < 4.78 is 12.9. The summed E-state index contributed by atoms with van der Waals surface area (Å²) in [6.07, 6.45) is 2.98. The molecule has 13 heavy (non-hydrogen) atoms. The predicted molar refractivity (Wildman–Crippen MR) is 47.8 cm³/mol. The zero-order valence-corrected chi connectivity index (χ0v) is 7.92. The van der Waals surface area contributed by atoms with E-state index in [1.54, 1.807) is 0 Å². The molecular weight excluding hydrogens is 169 g/mol. The molecule has 0 amide bonds. The molecule has 0 bridgehead atoms. The highest BCUT2D eigenvalue weighted by Crippen LogP contribution is 2.28. The lowest BCUT2D eigenvalue weighted by atomic mass is 10.1. The molecule has 1 saturated heterocycles. The van der Waals surface area contributed by atoms with Gasteiger partial charge in [0, 0.05) is 19.1 Å². The Kier molecular flexibility index (Phi) is 2.84. The number of piperidine rings is 1. The Labute approximate surface area is 78.7 Å². The number of likely N-dealkylation sites (tertiary alicyclic amines) is 1. The molecule has 1 radical (unpaired) electrons. The average Bonchev–Trinajstić information content (AvgIpc) is 2.53. The van der Waals surface area contributed by atoms with Gasteiger partial charge in [-0.2, -0.15) is 0 Å². The molecule has 3 heteroatoms. The van der Waals surface area contributed by atoms with Gasteiger partial charge in [-0.3, -0.25) is 0 Å². The third-order valence-electron chi connectivity index (χ3n) is 3.33. The molecule has 2 rings (SSSR count). The van der Waals surface area contributed by atoms with Crippen molar-refractivity contribution in [3.05, 3.63) is 0 Å². The summed E-state index contributed by atoms with van der Waals surface area (Å²) >= 11 is 0. The van der Waals surface area contributed by atoms with Crippen LogP contribution in [0.4, 0.5) is 4.39 Å². The molecule has 0 aromatic rings. The molecule has 1 heterocycles. The smallest absolute Gasteiger partial charge is 0.102 e. The van der Waals surface area contributed by atoms with Crippen LogP contribution in [0.1, 0.15) is 32.1 Å². The molecule has 2 unspecified atom stereocenters. The zero-order valence-electron chi connectivity index (χ0n) is 7.92. The number of hydrogen-bond acceptors (Lipinski definition) is 1. The van der Waals surface area contributed by atoms with Gasteiger partial charge in [0.15, 0.2) is 0 Å². The van der Waals surface area contributed by atoms with Crippen molar-refractivity contribution >= 4 is 0 Å². The van der Waals surface area contributed by atoms with Gasteiger partial charge in [-0.1, -0.05) is 0 Å². The predicted octanol–water partition coefficient (Wildman–Crippen LogP) is 1.77. The molecule has 0 N–H and O–H groups in total. The van der Waals surface area contributed by atoms with E-state index in [4.69, 9.17) is 0 Å². The fourth-order valence-corrected chi connectivity index (χ4v) is 2.48. The van der Waals surface area contributed by atoms with Gasteiger partial charge >= 0.3 is 0 Å².